The molecule has 0 saturated carbocycles. The molecule has 1 atom stereocenters. The van der Waals surface area contributed by atoms with Crippen LogP contribution in [0.2, 0.25) is 0 Å². The number of aliphatic carboxylic acids is 1. The molecular formula is C17H19N3O3S. The molecule has 0 aliphatic rings. The van der Waals surface area contributed by atoms with Crippen molar-refractivity contribution < 1.29 is 14.6 Å². The number of nitrogen functional groups attached to an aromatic ring is 1. The molecule has 2 rings (SSSR count). The van der Waals surface area contributed by atoms with Gasteiger partial charge < -0.3 is 20.9 Å². The molecule has 2 aromatic carbocycles. The van der Waals surface area contributed by atoms with Crippen molar-refractivity contribution in [3.05, 3.63) is 53.6 Å². The summed E-state index contributed by atoms with van der Waals surface area (Å²) in [5.74, 6) is -0.305. The van der Waals surface area contributed by atoms with Crippen molar-refractivity contribution in [1.29, 1.82) is 5.41 Å². The maximum absolute atomic E-state index is 11.7. The van der Waals surface area contributed by atoms with E-state index in [1.807, 2.05) is 6.26 Å². The van der Waals surface area contributed by atoms with Gasteiger partial charge in [-0.2, -0.15) is 0 Å². The van der Waals surface area contributed by atoms with Crippen LogP contribution in [0.1, 0.15) is 17.2 Å². The fraction of sp³-hybridized carbons (Fsp3) is 0.176. The van der Waals surface area contributed by atoms with Crippen LogP contribution in [0, 0.1) is 5.41 Å². The van der Waals surface area contributed by atoms with Gasteiger partial charge in [-0.05, 0) is 48.2 Å². The highest BCUT2D eigenvalue weighted by atomic mass is 32.2. The number of amidine groups is 1. The lowest BCUT2D eigenvalue weighted by Crippen LogP contribution is -2.20. The van der Waals surface area contributed by atoms with Gasteiger partial charge in [0.1, 0.15) is 11.6 Å². The number of hydrogen-bond acceptors (Lipinski definition) is 5. The minimum absolute atomic E-state index is 0.0314. The molecule has 126 valence electrons. The second-order valence-corrected chi connectivity index (χ2v) is 5.87. The minimum Gasteiger partial charge on any atom is -0.496 e. The molecule has 24 heavy (non-hydrogen) atoms. The van der Waals surface area contributed by atoms with Crippen LogP contribution < -0.4 is 15.8 Å². The van der Waals surface area contributed by atoms with Crippen LogP contribution in [0.25, 0.3) is 0 Å². The van der Waals surface area contributed by atoms with E-state index in [2.05, 4.69) is 5.32 Å². The summed E-state index contributed by atoms with van der Waals surface area (Å²) >= 11 is 1.49. The van der Waals surface area contributed by atoms with Crippen molar-refractivity contribution in [3.63, 3.8) is 0 Å². The Balaban J connectivity index is 2.29. The maximum atomic E-state index is 11.7. The Morgan fingerprint density at radius 2 is 1.96 bits per heavy atom. The molecule has 5 N–H and O–H groups in total. The molecule has 0 fully saturated rings. The number of carboxylic acids is 1. The SMILES string of the molecule is COc1ccc(C(Nc2ccc(C(=N)N)cc2)C(=O)O)cc1SC. The highest BCUT2D eigenvalue weighted by Crippen LogP contribution is 2.31. The zero-order valence-corrected chi connectivity index (χ0v) is 14.2. The quantitative estimate of drug-likeness (QED) is 0.349. The number of ether oxygens (including phenoxy) is 1. The van der Waals surface area contributed by atoms with Gasteiger partial charge in [-0.15, -0.1) is 11.8 Å². The number of rotatable bonds is 7. The molecular weight excluding hydrogens is 326 g/mol. The molecule has 0 aliphatic heterocycles. The Hall–Kier alpha value is -2.67. The predicted molar refractivity (Wildman–Crippen MR) is 96.2 cm³/mol. The van der Waals surface area contributed by atoms with Crippen molar-refractivity contribution in [1.82, 2.24) is 0 Å². The van der Waals surface area contributed by atoms with Crippen molar-refractivity contribution in [2.75, 3.05) is 18.7 Å². The average molecular weight is 345 g/mol. The molecule has 0 amide bonds. The second-order valence-electron chi connectivity index (χ2n) is 5.02. The van der Waals surface area contributed by atoms with Crippen LogP contribution in [0.3, 0.4) is 0 Å². The van der Waals surface area contributed by atoms with E-state index in [-0.39, 0.29) is 5.84 Å². The minimum atomic E-state index is -0.983. The molecule has 2 aromatic rings. The van der Waals surface area contributed by atoms with Crippen LogP contribution in [-0.2, 0) is 4.79 Å². The lowest BCUT2D eigenvalue weighted by Gasteiger charge is -2.18. The first-order valence-electron chi connectivity index (χ1n) is 7.12. The van der Waals surface area contributed by atoms with E-state index in [4.69, 9.17) is 15.9 Å². The molecule has 6 nitrogen and oxygen atoms in total. The van der Waals surface area contributed by atoms with Gasteiger partial charge in [-0.1, -0.05) is 6.07 Å². The zero-order valence-electron chi connectivity index (χ0n) is 13.4. The number of carboxylic acid groups (broad SMARTS) is 1. The number of methoxy groups -OCH3 is 1. The fourth-order valence-corrected chi connectivity index (χ4v) is 2.84. The molecule has 1 unspecified atom stereocenters. The van der Waals surface area contributed by atoms with Crippen LogP contribution in [0.5, 0.6) is 5.75 Å². The Morgan fingerprint density at radius 3 is 2.46 bits per heavy atom. The van der Waals surface area contributed by atoms with Crippen molar-refractivity contribution in [2.45, 2.75) is 10.9 Å². The van der Waals surface area contributed by atoms with Crippen molar-refractivity contribution >= 4 is 29.3 Å². The summed E-state index contributed by atoms with van der Waals surface area (Å²) < 4.78 is 5.26. The Labute approximate surface area is 144 Å². The molecule has 0 saturated heterocycles. The average Bonchev–Trinajstić information content (AvgIpc) is 2.59. The molecule has 0 bridgehead atoms. The number of thioether (sulfide) groups is 1. The number of nitrogens with one attached hydrogen (secondary N) is 2. The maximum Gasteiger partial charge on any atom is 0.330 e. The predicted octanol–water partition coefficient (Wildman–Crippen LogP) is 2.94. The summed E-state index contributed by atoms with van der Waals surface area (Å²) in [6.45, 7) is 0. The number of carbonyl (C=O) groups is 1. The lowest BCUT2D eigenvalue weighted by atomic mass is 10.1. The van der Waals surface area contributed by atoms with E-state index in [0.29, 0.717) is 22.6 Å². The first-order valence-corrected chi connectivity index (χ1v) is 8.34. The van der Waals surface area contributed by atoms with Crippen molar-refractivity contribution in [3.8, 4) is 5.75 Å². The largest absolute Gasteiger partial charge is 0.496 e. The van der Waals surface area contributed by atoms with Crippen LogP contribution in [-0.4, -0.2) is 30.3 Å². The van der Waals surface area contributed by atoms with Gasteiger partial charge in [0.25, 0.3) is 0 Å². The smallest absolute Gasteiger partial charge is 0.330 e. The summed E-state index contributed by atoms with van der Waals surface area (Å²) in [7, 11) is 1.58. The molecule has 0 radical (unpaired) electrons. The summed E-state index contributed by atoms with van der Waals surface area (Å²) in [5, 5.41) is 19.9. The topological polar surface area (TPSA) is 108 Å². The lowest BCUT2D eigenvalue weighted by molar-refractivity contribution is -0.138. The van der Waals surface area contributed by atoms with Crippen LogP contribution in [0.15, 0.2) is 47.4 Å². The first kappa shape index (κ1) is 17.7. The van der Waals surface area contributed by atoms with Crippen LogP contribution in [0.4, 0.5) is 5.69 Å². The van der Waals surface area contributed by atoms with Crippen LogP contribution >= 0.6 is 11.8 Å². The van der Waals surface area contributed by atoms with E-state index in [1.54, 1.807) is 49.6 Å². The molecule has 0 spiro atoms. The number of anilines is 1. The summed E-state index contributed by atoms with van der Waals surface area (Å²) in [6.07, 6.45) is 1.91. The Bertz CT molecular complexity index is 747. The van der Waals surface area contributed by atoms with Gasteiger partial charge in [0.05, 0.1) is 7.11 Å². The summed E-state index contributed by atoms with van der Waals surface area (Å²) in [5.41, 5.74) is 7.26. The zero-order chi connectivity index (χ0) is 17.7. The number of hydrogen-bond donors (Lipinski definition) is 4. The molecule has 7 heteroatoms. The van der Waals surface area contributed by atoms with Gasteiger partial charge in [0, 0.05) is 16.1 Å². The van der Waals surface area contributed by atoms with E-state index >= 15 is 0 Å². The second kappa shape index (κ2) is 7.74. The normalized spacial score (nSPS) is 11.6. The summed E-state index contributed by atoms with van der Waals surface area (Å²) in [6, 6.07) is 11.1. The molecule has 0 aliphatic carbocycles. The van der Waals surface area contributed by atoms with Gasteiger partial charge in [0.2, 0.25) is 0 Å². The number of nitrogens with two attached hydrogens (primary N) is 1. The van der Waals surface area contributed by atoms with E-state index in [0.717, 1.165) is 4.90 Å². The third-order valence-corrected chi connectivity index (χ3v) is 4.25. The van der Waals surface area contributed by atoms with E-state index in [1.165, 1.54) is 11.8 Å². The summed E-state index contributed by atoms with van der Waals surface area (Å²) in [4.78, 5) is 12.5. The van der Waals surface area contributed by atoms with E-state index in [9.17, 15) is 9.90 Å². The van der Waals surface area contributed by atoms with E-state index < -0.39 is 12.0 Å². The Kier molecular flexibility index (Phi) is 5.70. The third kappa shape index (κ3) is 3.99. The molecule has 0 heterocycles. The fourth-order valence-electron chi connectivity index (χ4n) is 2.23. The van der Waals surface area contributed by atoms with Gasteiger partial charge in [-0.3, -0.25) is 5.41 Å². The number of benzene rings is 2. The Morgan fingerprint density at radius 1 is 1.29 bits per heavy atom. The van der Waals surface area contributed by atoms with Gasteiger partial charge in [-0.25, -0.2) is 4.79 Å². The highest BCUT2D eigenvalue weighted by Gasteiger charge is 2.21. The third-order valence-electron chi connectivity index (χ3n) is 3.49. The first-order chi connectivity index (χ1) is 11.5. The van der Waals surface area contributed by atoms with Gasteiger partial charge in [0.15, 0.2) is 6.04 Å². The van der Waals surface area contributed by atoms with Crippen molar-refractivity contribution in [2.24, 2.45) is 5.73 Å². The van der Waals surface area contributed by atoms with Gasteiger partial charge >= 0.3 is 5.97 Å². The standard InChI is InChI=1S/C17H19N3O3S/c1-23-13-8-5-11(9-14(13)24-2)15(17(21)22)20-12-6-3-10(4-7-12)16(18)19/h3-9,15,20H,1-2H3,(H3,18,19)(H,21,22). The monoisotopic (exact) mass is 345 g/mol. The highest BCUT2D eigenvalue weighted by molar-refractivity contribution is 7.98. The molecule has 0 aromatic heterocycles.